The lowest BCUT2D eigenvalue weighted by Gasteiger charge is -1.93. The van der Waals surface area contributed by atoms with Gasteiger partial charge >= 0.3 is 0 Å². The van der Waals surface area contributed by atoms with Crippen molar-refractivity contribution in [1.29, 1.82) is 0 Å². The third-order valence-electron chi connectivity index (χ3n) is 1.87. The highest BCUT2D eigenvalue weighted by Crippen LogP contribution is 2.33. The van der Waals surface area contributed by atoms with E-state index in [-0.39, 0.29) is 5.78 Å². The molecule has 2 aromatic rings. The van der Waals surface area contributed by atoms with E-state index < -0.39 is 0 Å². The fourth-order valence-electron chi connectivity index (χ4n) is 1.19. The summed E-state index contributed by atoms with van der Waals surface area (Å²) in [5, 5.41) is 3.97. The summed E-state index contributed by atoms with van der Waals surface area (Å²) in [6.45, 7) is 0. The maximum atomic E-state index is 12.0. The standard InChI is InChI=1S/C9H6Br2N2OS/c1-13-4-5(3-12-13)8(14)6-2-7(10)15-9(6)11/h2-4H,1H3. The van der Waals surface area contributed by atoms with Gasteiger partial charge in [0.1, 0.15) is 0 Å². The largest absolute Gasteiger partial charge is 0.288 e. The second-order valence-corrected chi connectivity index (χ2v) is 6.72. The zero-order valence-electron chi connectivity index (χ0n) is 7.70. The van der Waals surface area contributed by atoms with Crippen LogP contribution in [0.5, 0.6) is 0 Å². The van der Waals surface area contributed by atoms with Crippen molar-refractivity contribution >= 4 is 49.0 Å². The molecule has 0 atom stereocenters. The molecule has 2 rings (SSSR count). The van der Waals surface area contributed by atoms with Crippen molar-refractivity contribution in [3.8, 4) is 0 Å². The number of nitrogens with zero attached hydrogens (tertiary/aromatic N) is 2. The molecule has 0 aliphatic heterocycles. The summed E-state index contributed by atoms with van der Waals surface area (Å²) in [6.07, 6.45) is 3.28. The molecule has 78 valence electrons. The van der Waals surface area contributed by atoms with Crippen LogP contribution in [-0.2, 0) is 7.05 Å². The SMILES string of the molecule is Cn1cc(C(=O)c2cc(Br)sc2Br)cn1. The van der Waals surface area contributed by atoms with E-state index in [0.29, 0.717) is 11.1 Å². The van der Waals surface area contributed by atoms with Crippen LogP contribution in [0.3, 0.4) is 0 Å². The first-order chi connectivity index (χ1) is 7.08. The van der Waals surface area contributed by atoms with Gasteiger partial charge in [-0.2, -0.15) is 5.10 Å². The number of carbonyl (C=O) groups is 1. The Morgan fingerprint density at radius 3 is 2.73 bits per heavy atom. The lowest BCUT2D eigenvalue weighted by atomic mass is 10.1. The normalized spacial score (nSPS) is 10.6. The van der Waals surface area contributed by atoms with Crippen LogP contribution >= 0.6 is 43.2 Å². The summed E-state index contributed by atoms with van der Waals surface area (Å²) >= 11 is 8.19. The molecule has 0 N–H and O–H groups in total. The highest BCUT2D eigenvalue weighted by Gasteiger charge is 2.16. The van der Waals surface area contributed by atoms with Crippen LogP contribution in [0.4, 0.5) is 0 Å². The Kier molecular flexibility index (Phi) is 3.08. The lowest BCUT2D eigenvalue weighted by molar-refractivity contribution is 0.103. The van der Waals surface area contributed by atoms with E-state index in [1.165, 1.54) is 11.3 Å². The van der Waals surface area contributed by atoms with Crippen molar-refractivity contribution in [2.45, 2.75) is 0 Å². The second-order valence-electron chi connectivity index (χ2n) is 2.97. The molecule has 0 aliphatic rings. The van der Waals surface area contributed by atoms with Crippen molar-refractivity contribution in [3.63, 3.8) is 0 Å². The van der Waals surface area contributed by atoms with Gasteiger partial charge in [-0.05, 0) is 37.9 Å². The Hall–Kier alpha value is -0.460. The van der Waals surface area contributed by atoms with E-state index in [1.54, 1.807) is 24.1 Å². The minimum atomic E-state index is -0.0167. The molecule has 15 heavy (non-hydrogen) atoms. The van der Waals surface area contributed by atoms with Crippen LogP contribution in [-0.4, -0.2) is 15.6 Å². The lowest BCUT2D eigenvalue weighted by Crippen LogP contribution is -1.98. The Labute approximate surface area is 107 Å². The third-order valence-corrected chi connectivity index (χ3v) is 4.21. The minimum absolute atomic E-state index is 0.0167. The van der Waals surface area contributed by atoms with Crippen molar-refractivity contribution < 1.29 is 4.79 Å². The molecule has 0 bridgehead atoms. The zero-order valence-corrected chi connectivity index (χ0v) is 11.7. The molecule has 2 heterocycles. The average molecular weight is 350 g/mol. The molecule has 0 radical (unpaired) electrons. The van der Waals surface area contributed by atoms with Gasteiger partial charge in [-0.3, -0.25) is 9.48 Å². The van der Waals surface area contributed by atoms with Gasteiger partial charge < -0.3 is 0 Å². The van der Waals surface area contributed by atoms with Gasteiger partial charge in [-0.1, -0.05) is 0 Å². The van der Waals surface area contributed by atoms with E-state index in [1.807, 2.05) is 6.07 Å². The minimum Gasteiger partial charge on any atom is -0.288 e. The molecule has 0 aliphatic carbocycles. The molecular weight excluding hydrogens is 344 g/mol. The van der Waals surface area contributed by atoms with Gasteiger partial charge in [0, 0.05) is 18.8 Å². The molecule has 0 spiro atoms. The third kappa shape index (κ3) is 2.21. The summed E-state index contributed by atoms with van der Waals surface area (Å²) in [5.74, 6) is -0.0167. The van der Waals surface area contributed by atoms with Gasteiger partial charge in [0.25, 0.3) is 0 Å². The molecule has 2 aromatic heterocycles. The van der Waals surface area contributed by atoms with Gasteiger partial charge in [-0.25, -0.2) is 0 Å². The van der Waals surface area contributed by atoms with Crippen molar-refractivity contribution in [2.24, 2.45) is 7.05 Å². The van der Waals surface area contributed by atoms with Crippen molar-refractivity contribution in [3.05, 3.63) is 37.2 Å². The average Bonchev–Trinajstić information content (AvgIpc) is 2.71. The van der Waals surface area contributed by atoms with Gasteiger partial charge in [0.05, 0.1) is 19.3 Å². The van der Waals surface area contributed by atoms with Crippen LogP contribution in [0.25, 0.3) is 0 Å². The summed E-state index contributed by atoms with van der Waals surface area (Å²) in [7, 11) is 1.79. The van der Waals surface area contributed by atoms with E-state index in [0.717, 1.165) is 7.57 Å². The highest BCUT2D eigenvalue weighted by atomic mass is 79.9. The zero-order chi connectivity index (χ0) is 11.0. The number of halogens is 2. The first kappa shape index (κ1) is 11.0. The van der Waals surface area contributed by atoms with Crippen LogP contribution in [0.1, 0.15) is 15.9 Å². The molecular formula is C9H6Br2N2OS. The number of thiophene rings is 1. The number of rotatable bonds is 2. The monoisotopic (exact) mass is 348 g/mol. The first-order valence-corrected chi connectivity index (χ1v) is 6.46. The molecule has 0 fully saturated rings. The number of aromatic nitrogens is 2. The predicted molar refractivity (Wildman–Crippen MR) is 66.4 cm³/mol. The van der Waals surface area contributed by atoms with E-state index in [4.69, 9.17) is 0 Å². The van der Waals surface area contributed by atoms with Crippen LogP contribution in [0, 0.1) is 0 Å². The number of aryl methyl sites for hydroxylation is 1. The number of ketones is 1. The quantitative estimate of drug-likeness (QED) is 0.780. The van der Waals surface area contributed by atoms with Crippen LogP contribution in [0.15, 0.2) is 26.0 Å². The Bertz CT molecular complexity index is 518. The topological polar surface area (TPSA) is 34.9 Å². The Morgan fingerprint density at radius 1 is 1.53 bits per heavy atom. The molecule has 6 heteroatoms. The van der Waals surface area contributed by atoms with Gasteiger partial charge in [0.2, 0.25) is 0 Å². The van der Waals surface area contributed by atoms with Crippen molar-refractivity contribution in [1.82, 2.24) is 9.78 Å². The van der Waals surface area contributed by atoms with Gasteiger partial charge in [0.15, 0.2) is 5.78 Å². The van der Waals surface area contributed by atoms with E-state index >= 15 is 0 Å². The smallest absolute Gasteiger partial charge is 0.198 e. The fourth-order valence-corrected chi connectivity index (χ4v) is 3.98. The highest BCUT2D eigenvalue weighted by molar-refractivity contribution is 9.12. The maximum Gasteiger partial charge on any atom is 0.198 e. The van der Waals surface area contributed by atoms with E-state index in [2.05, 4.69) is 37.0 Å². The maximum absolute atomic E-state index is 12.0. The summed E-state index contributed by atoms with van der Waals surface area (Å²) in [5.41, 5.74) is 1.27. The molecule has 0 amide bonds. The Balaban J connectivity index is 2.40. The molecule has 3 nitrogen and oxygen atoms in total. The van der Waals surface area contributed by atoms with E-state index in [9.17, 15) is 4.79 Å². The molecule has 0 saturated heterocycles. The summed E-state index contributed by atoms with van der Waals surface area (Å²) in [6, 6.07) is 1.81. The van der Waals surface area contributed by atoms with Crippen molar-refractivity contribution in [2.75, 3.05) is 0 Å². The van der Waals surface area contributed by atoms with Crippen LogP contribution in [0.2, 0.25) is 0 Å². The van der Waals surface area contributed by atoms with Crippen LogP contribution < -0.4 is 0 Å². The fraction of sp³-hybridized carbons (Fsp3) is 0.111. The Morgan fingerprint density at radius 2 is 2.27 bits per heavy atom. The molecule has 0 unspecified atom stereocenters. The summed E-state index contributed by atoms with van der Waals surface area (Å²) < 4.78 is 3.38. The molecule has 0 saturated carbocycles. The first-order valence-electron chi connectivity index (χ1n) is 4.06. The molecule has 0 aromatic carbocycles. The second kappa shape index (κ2) is 4.19. The number of hydrogen-bond acceptors (Lipinski definition) is 3. The number of hydrogen-bond donors (Lipinski definition) is 0. The van der Waals surface area contributed by atoms with Gasteiger partial charge in [-0.15, -0.1) is 11.3 Å². The predicted octanol–water partition coefficient (Wildman–Crippen LogP) is 3.24. The number of carbonyl (C=O) groups excluding carboxylic acids is 1. The summed E-state index contributed by atoms with van der Waals surface area (Å²) in [4.78, 5) is 12.0.